The smallest absolute Gasteiger partial charge is 0.221 e. The van der Waals surface area contributed by atoms with E-state index in [0.29, 0.717) is 5.88 Å². The van der Waals surface area contributed by atoms with Gasteiger partial charge in [0.2, 0.25) is 11.0 Å². The van der Waals surface area contributed by atoms with Gasteiger partial charge in [-0.3, -0.25) is 0 Å². The third-order valence-corrected chi connectivity index (χ3v) is 4.83. The van der Waals surface area contributed by atoms with Crippen molar-refractivity contribution in [2.75, 3.05) is 43.1 Å². The van der Waals surface area contributed by atoms with Crippen molar-refractivity contribution in [3.8, 4) is 5.88 Å². The SMILES string of the molecule is COc1nc(C)nc(N2CCCN(c3nc(C)ns3)CC2)c1C. The van der Waals surface area contributed by atoms with E-state index in [4.69, 9.17) is 4.74 Å². The van der Waals surface area contributed by atoms with Crippen LogP contribution in [0.4, 0.5) is 10.9 Å². The molecule has 1 aliphatic heterocycles. The summed E-state index contributed by atoms with van der Waals surface area (Å²) >= 11 is 1.47. The fraction of sp³-hybridized carbons (Fsp3) is 0.600. The van der Waals surface area contributed by atoms with Crippen LogP contribution in [-0.4, -0.2) is 52.6 Å². The standard InChI is InChI=1S/C15H22N6OS/c1-10-13(16-11(2)17-14(10)22-4)20-6-5-7-21(9-8-20)15-18-12(3)19-23-15/h5-9H2,1-4H3. The third-order valence-electron chi connectivity index (χ3n) is 3.96. The quantitative estimate of drug-likeness (QED) is 0.850. The van der Waals surface area contributed by atoms with Gasteiger partial charge in [-0.05, 0) is 27.2 Å². The molecule has 3 rings (SSSR count). The summed E-state index contributed by atoms with van der Waals surface area (Å²) < 4.78 is 9.66. The molecule has 0 bridgehead atoms. The summed E-state index contributed by atoms with van der Waals surface area (Å²) in [6.07, 6.45) is 1.06. The van der Waals surface area contributed by atoms with Crippen molar-refractivity contribution in [1.82, 2.24) is 19.3 Å². The molecule has 0 amide bonds. The fourth-order valence-electron chi connectivity index (χ4n) is 2.83. The Morgan fingerprint density at radius 1 is 0.913 bits per heavy atom. The topological polar surface area (TPSA) is 67.3 Å². The molecule has 1 saturated heterocycles. The summed E-state index contributed by atoms with van der Waals surface area (Å²) in [5.74, 6) is 3.22. The van der Waals surface area contributed by atoms with Gasteiger partial charge < -0.3 is 14.5 Å². The predicted octanol–water partition coefficient (Wildman–Crippen LogP) is 1.98. The molecule has 0 saturated carbocycles. The highest BCUT2D eigenvalue weighted by Gasteiger charge is 2.21. The molecule has 7 nitrogen and oxygen atoms in total. The molecule has 0 radical (unpaired) electrons. The van der Waals surface area contributed by atoms with Crippen molar-refractivity contribution in [2.24, 2.45) is 0 Å². The number of ether oxygens (including phenoxy) is 1. The van der Waals surface area contributed by atoms with Crippen LogP contribution in [0.25, 0.3) is 0 Å². The van der Waals surface area contributed by atoms with Crippen LogP contribution in [0, 0.1) is 20.8 Å². The Morgan fingerprint density at radius 2 is 1.65 bits per heavy atom. The molecule has 8 heteroatoms. The second-order valence-corrected chi connectivity index (χ2v) is 6.41. The zero-order chi connectivity index (χ0) is 16.4. The maximum atomic E-state index is 5.38. The summed E-state index contributed by atoms with van der Waals surface area (Å²) in [5, 5.41) is 1.01. The van der Waals surface area contributed by atoms with Crippen LogP contribution >= 0.6 is 11.5 Å². The first kappa shape index (κ1) is 15.9. The van der Waals surface area contributed by atoms with Crippen molar-refractivity contribution in [3.05, 3.63) is 17.2 Å². The van der Waals surface area contributed by atoms with Gasteiger partial charge in [-0.2, -0.15) is 9.36 Å². The van der Waals surface area contributed by atoms with Gasteiger partial charge in [0.25, 0.3) is 0 Å². The number of methoxy groups -OCH3 is 1. The number of nitrogens with zero attached hydrogens (tertiary/aromatic N) is 6. The van der Waals surface area contributed by atoms with Crippen LogP contribution in [0.15, 0.2) is 0 Å². The minimum absolute atomic E-state index is 0.661. The minimum Gasteiger partial charge on any atom is -0.481 e. The molecule has 0 aromatic carbocycles. The number of aromatic nitrogens is 4. The lowest BCUT2D eigenvalue weighted by atomic mass is 10.3. The normalized spacial score (nSPS) is 15.7. The number of hydrogen-bond donors (Lipinski definition) is 0. The van der Waals surface area contributed by atoms with Crippen LogP contribution in [-0.2, 0) is 0 Å². The second-order valence-electron chi connectivity index (χ2n) is 5.68. The molecule has 3 heterocycles. The maximum absolute atomic E-state index is 5.38. The molecule has 1 fully saturated rings. The summed E-state index contributed by atoms with van der Waals surface area (Å²) in [6, 6.07) is 0. The average molecular weight is 334 g/mol. The highest BCUT2D eigenvalue weighted by Crippen LogP contribution is 2.27. The molecule has 1 aliphatic rings. The summed E-state index contributed by atoms with van der Waals surface area (Å²) in [5.41, 5.74) is 0.998. The molecule has 0 unspecified atom stereocenters. The van der Waals surface area contributed by atoms with E-state index in [1.165, 1.54) is 11.5 Å². The van der Waals surface area contributed by atoms with Crippen LogP contribution in [0.2, 0.25) is 0 Å². The summed E-state index contributed by atoms with van der Waals surface area (Å²) in [4.78, 5) is 18.1. The Balaban J connectivity index is 1.79. The van der Waals surface area contributed by atoms with Crippen LogP contribution < -0.4 is 14.5 Å². The van der Waals surface area contributed by atoms with Crippen LogP contribution in [0.5, 0.6) is 5.88 Å². The van der Waals surface area contributed by atoms with Crippen molar-refractivity contribution < 1.29 is 4.74 Å². The van der Waals surface area contributed by atoms with Gasteiger partial charge in [0.05, 0.1) is 12.7 Å². The molecule has 2 aromatic rings. The second kappa shape index (κ2) is 6.66. The Morgan fingerprint density at radius 3 is 2.35 bits per heavy atom. The van der Waals surface area contributed by atoms with Crippen molar-refractivity contribution >= 4 is 22.5 Å². The molecule has 0 atom stereocenters. The van der Waals surface area contributed by atoms with Gasteiger partial charge in [0.15, 0.2) is 0 Å². The van der Waals surface area contributed by atoms with Gasteiger partial charge in [-0.15, -0.1) is 0 Å². The number of anilines is 2. The first-order valence-electron chi connectivity index (χ1n) is 7.78. The van der Waals surface area contributed by atoms with Gasteiger partial charge >= 0.3 is 0 Å². The molecule has 0 N–H and O–H groups in total. The fourth-order valence-corrected chi connectivity index (χ4v) is 3.56. The Hall–Kier alpha value is -1.96. The largest absolute Gasteiger partial charge is 0.481 e. The predicted molar refractivity (Wildman–Crippen MR) is 91.7 cm³/mol. The Bertz CT molecular complexity index is 689. The zero-order valence-corrected chi connectivity index (χ0v) is 14.9. The van der Waals surface area contributed by atoms with Crippen molar-refractivity contribution in [2.45, 2.75) is 27.2 Å². The highest BCUT2D eigenvalue weighted by molar-refractivity contribution is 7.09. The maximum Gasteiger partial charge on any atom is 0.221 e. The monoisotopic (exact) mass is 334 g/mol. The van der Waals surface area contributed by atoms with Gasteiger partial charge in [0, 0.05) is 37.7 Å². The van der Waals surface area contributed by atoms with E-state index in [0.717, 1.165) is 60.8 Å². The number of aryl methyl sites for hydroxylation is 2. The number of rotatable bonds is 3. The van der Waals surface area contributed by atoms with Gasteiger partial charge in [0.1, 0.15) is 17.5 Å². The van der Waals surface area contributed by atoms with E-state index in [-0.39, 0.29) is 0 Å². The molecule has 2 aromatic heterocycles. The van der Waals surface area contributed by atoms with E-state index in [1.807, 2.05) is 20.8 Å². The lowest BCUT2D eigenvalue weighted by Crippen LogP contribution is -2.31. The lowest BCUT2D eigenvalue weighted by Gasteiger charge is -2.24. The van der Waals surface area contributed by atoms with E-state index in [1.54, 1.807) is 7.11 Å². The Labute approximate surface area is 140 Å². The van der Waals surface area contributed by atoms with E-state index >= 15 is 0 Å². The molecule has 23 heavy (non-hydrogen) atoms. The zero-order valence-electron chi connectivity index (χ0n) is 14.0. The minimum atomic E-state index is 0.661. The van der Waals surface area contributed by atoms with Gasteiger partial charge in [-0.1, -0.05) is 0 Å². The van der Waals surface area contributed by atoms with Crippen molar-refractivity contribution in [3.63, 3.8) is 0 Å². The molecule has 0 spiro atoms. The first-order chi connectivity index (χ1) is 11.1. The highest BCUT2D eigenvalue weighted by atomic mass is 32.1. The lowest BCUT2D eigenvalue weighted by molar-refractivity contribution is 0.392. The van der Waals surface area contributed by atoms with Gasteiger partial charge in [-0.25, -0.2) is 9.97 Å². The van der Waals surface area contributed by atoms with E-state index < -0.39 is 0 Å². The van der Waals surface area contributed by atoms with E-state index in [9.17, 15) is 0 Å². The summed E-state index contributed by atoms with van der Waals surface area (Å²) in [7, 11) is 1.65. The third kappa shape index (κ3) is 3.36. The molecule has 124 valence electrons. The molecular formula is C15H22N6OS. The van der Waals surface area contributed by atoms with Crippen LogP contribution in [0.1, 0.15) is 23.6 Å². The number of hydrogen-bond acceptors (Lipinski definition) is 8. The first-order valence-corrected chi connectivity index (χ1v) is 8.55. The molecule has 0 aliphatic carbocycles. The van der Waals surface area contributed by atoms with Crippen molar-refractivity contribution in [1.29, 1.82) is 0 Å². The Kier molecular flexibility index (Phi) is 4.61. The van der Waals surface area contributed by atoms with E-state index in [2.05, 4.69) is 29.1 Å². The summed E-state index contributed by atoms with van der Waals surface area (Å²) in [6.45, 7) is 9.63. The molecular weight excluding hydrogens is 312 g/mol. The average Bonchev–Trinajstić information content (AvgIpc) is 2.82. The van der Waals surface area contributed by atoms with Crippen LogP contribution in [0.3, 0.4) is 0 Å².